The first kappa shape index (κ1) is 13.5. The average molecular weight is 243 g/mol. The molecular formula is C13H19ClO2. The number of aryl methyl sites for hydroxylation is 1. The number of hydrogen-bond acceptors (Lipinski definition) is 2. The van der Waals surface area contributed by atoms with Crippen LogP contribution in [0.15, 0.2) is 24.3 Å². The highest BCUT2D eigenvalue weighted by atomic mass is 35.5. The van der Waals surface area contributed by atoms with Crippen LogP contribution in [-0.4, -0.2) is 22.4 Å². The van der Waals surface area contributed by atoms with Crippen molar-refractivity contribution in [2.24, 2.45) is 0 Å². The van der Waals surface area contributed by atoms with Crippen LogP contribution in [0.3, 0.4) is 0 Å². The molecule has 2 N–H and O–H groups in total. The Labute approximate surface area is 102 Å². The molecule has 0 heterocycles. The maximum Gasteiger partial charge on any atom is 0.0802 e. The predicted octanol–water partition coefficient (Wildman–Crippen LogP) is 2.79. The van der Waals surface area contributed by atoms with Gasteiger partial charge in [0.2, 0.25) is 0 Å². The third-order valence-corrected chi connectivity index (χ3v) is 2.92. The fourth-order valence-electron chi connectivity index (χ4n) is 1.65. The van der Waals surface area contributed by atoms with Gasteiger partial charge in [0.15, 0.2) is 0 Å². The summed E-state index contributed by atoms with van der Waals surface area (Å²) in [5, 5.41) is 20.0. The molecule has 2 nitrogen and oxygen atoms in total. The molecule has 2 unspecified atom stereocenters. The van der Waals surface area contributed by atoms with Crippen LogP contribution in [0.2, 0.25) is 5.02 Å². The third kappa shape index (κ3) is 4.52. The molecular weight excluding hydrogens is 224 g/mol. The second kappa shape index (κ2) is 6.89. The molecule has 0 saturated heterocycles. The van der Waals surface area contributed by atoms with Crippen molar-refractivity contribution in [3.05, 3.63) is 34.9 Å². The lowest BCUT2D eigenvalue weighted by molar-refractivity contribution is 0.00981. The zero-order valence-electron chi connectivity index (χ0n) is 9.56. The molecule has 2 atom stereocenters. The largest absolute Gasteiger partial charge is 0.390 e. The van der Waals surface area contributed by atoms with Crippen LogP contribution in [0.1, 0.15) is 31.7 Å². The first-order valence-electron chi connectivity index (χ1n) is 5.74. The molecule has 1 aromatic rings. The van der Waals surface area contributed by atoms with Gasteiger partial charge in [0, 0.05) is 5.02 Å². The van der Waals surface area contributed by atoms with Gasteiger partial charge in [-0.1, -0.05) is 37.1 Å². The Kier molecular flexibility index (Phi) is 5.81. The van der Waals surface area contributed by atoms with Gasteiger partial charge in [-0.05, 0) is 37.0 Å². The van der Waals surface area contributed by atoms with Gasteiger partial charge < -0.3 is 10.2 Å². The van der Waals surface area contributed by atoms with Crippen molar-refractivity contribution in [1.29, 1.82) is 0 Å². The van der Waals surface area contributed by atoms with Gasteiger partial charge in [-0.2, -0.15) is 0 Å². The number of rotatable bonds is 6. The highest BCUT2D eigenvalue weighted by Gasteiger charge is 2.14. The number of aliphatic hydroxyl groups is 2. The molecule has 90 valence electrons. The molecule has 0 aliphatic rings. The molecule has 1 aromatic carbocycles. The van der Waals surface area contributed by atoms with Crippen molar-refractivity contribution in [2.45, 2.75) is 44.8 Å². The Bertz CT molecular complexity index is 297. The van der Waals surface area contributed by atoms with Gasteiger partial charge in [0.05, 0.1) is 12.2 Å². The van der Waals surface area contributed by atoms with Crippen molar-refractivity contribution in [3.63, 3.8) is 0 Å². The molecule has 0 aliphatic carbocycles. The summed E-state index contributed by atoms with van der Waals surface area (Å²) in [4.78, 5) is 0. The zero-order valence-corrected chi connectivity index (χ0v) is 10.3. The van der Waals surface area contributed by atoms with Gasteiger partial charge in [0.1, 0.15) is 0 Å². The molecule has 0 bridgehead atoms. The molecule has 0 saturated carbocycles. The summed E-state index contributed by atoms with van der Waals surface area (Å²) in [7, 11) is 0. The van der Waals surface area contributed by atoms with Crippen LogP contribution in [0.25, 0.3) is 0 Å². The van der Waals surface area contributed by atoms with Crippen molar-refractivity contribution >= 4 is 11.6 Å². The summed E-state index contributed by atoms with van der Waals surface area (Å²) in [6, 6.07) is 7.57. The van der Waals surface area contributed by atoms with E-state index in [1.807, 2.05) is 31.2 Å². The standard InChI is InChI=1S/C13H19ClO2/c1-2-3-12(15)13(16)9-6-10-4-7-11(14)8-5-10/h4-5,7-8,12-13,15-16H,2-3,6,9H2,1H3. The van der Waals surface area contributed by atoms with Crippen molar-refractivity contribution in [3.8, 4) is 0 Å². The highest BCUT2D eigenvalue weighted by Crippen LogP contribution is 2.13. The smallest absolute Gasteiger partial charge is 0.0802 e. The first-order valence-corrected chi connectivity index (χ1v) is 6.12. The average Bonchev–Trinajstić information content (AvgIpc) is 2.28. The van der Waals surface area contributed by atoms with Crippen LogP contribution in [0.5, 0.6) is 0 Å². The fourth-order valence-corrected chi connectivity index (χ4v) is 1.77. The van der Waals surface area contributed by atoms with Crippen molar-refractivity contribution in [2.75, 3.05) is 0 Å². The van der Waals surface area contributed by atoms with Crippen molar-refractivity contribution in [1.82, 2.24) is 0 Å². The molecule has 3 heteroatoms. The van der Waals surface area contributed by atoms with Gasteiger partial charge >= 0.3 is 0 Å². The Morgan fingerprint density at radius 1 is 1.06 bits per heavy atom. The Morgan fingerprint density at radius 2 is 1.62 bits per heavy atom. The minimum Gasteiger partial charge on any atom is -0.390 e. The SMILES string of the molecule is CCCC(O)C(O)CCc1ccc(Cl)cc1. The molecule has 0 aromatic heterocycles. The lowest BCUT2D eigenvalue weighted by Gasteiger charge is -2.16. The summed E-state index contributed by atoms with van der Waals surface area (Å²) in [6.07, 6.45) is 1.66. The normalized spacial score (nSPS) is 14.8. The zero-order chi connectivity index (χ0) is 12.0. The molecule has 0 radical (unpaired) electrons. The monoisotopic (exact) mass is 242 g/mol. The van der Waals surface area contributed by atoms with E-state index in [0.717, 1.165) is 23.4 Å². The van der Waals surface area contributed by atoms with E-state index in [1.54, 1.807) is 0 Å². The summed E-state index contributed by atoms with van der Waals surface area (Å²) < 4.78 is 0. The third-order valence-electron chi connectivity index (χ3n) is 2.67. The minimum atomic E-state index is -0.629. The number of aliphatic hydroxyl groups excluding tert-OH is 2. The lowest BCUT2D eigenvalue weighted by Crippen LogP contribution is -2.26. The summed E-state index contributed by atoms with van der Waals surface area (Å²) >= 11 is 5.78. The fraction of sp³-hybridized carbons (Fsp3) is 0.538. The van der Waals surface area contributed by atoms with E-state index in [4.69, 9.17) is 11.6 Å². The quantitative estimate of drug-likeness (QED) is 0.806. The molecule has 16 heavy (non-hydrogen) atoms. The van der Waals surface area contributed by atoms with Crippen molar-refractivity contribution < 1.29 is 10.2 Å². The van der Waals surface area contributed by atoms with E-state index < -0.39 is 12.2 Å². The van der Waals surface area contributed by atoms with E-state index >= 15 is 0 Å². The Balaban J connectivity index is 2.36. The predicted molar refractivity (Wildman–Crippen MR) is 66.7 cm³/mol. The molecule has 0 spiro atoms. The molecule has 0 amide bonds. The molecule has 0 aliphatic heterocycles. The number of benzene rings is 1. The van der Waals surface area contributed by atoms with E-state index in [-0.39, 0.29) is 0 Å². The van der Waals surface area contributed by atoms with Gasteiger partial charge in [-0.15, -0.1) is 0 Å². The minimum absolute atomic E-state index is 0.586. The summed E-state index contributed by atoms with van der Waals surface area (Å²) in [5.41, 5.74) is 1.13. The van der Waals surface area contributed by atoms with Crippen LogP contribution in [0.4, 0.5) is 0 Å². The van der Waals surface area contributed by atoms with Gasteiger partial charge in [0.25, 0.3) is 0 Å². The van der Waals surface area contributed by atoms with E-state index in [1.165, 1.54) is 0 Å². The second-order valence-electron chi connectivity index (χ2n) is 4.09. The molecule has 1 rings (SSSR count). The maximum absolute atomic E-state index is 9.69. The second-order valence-corrected chi connectivity index (χ2v) is 4.52. The maximum atomic E-state index is 9.69. The number of halogens is 1. The Morgan fingerprint density at radius 3 is 2.19 bits per heavy atom. The van der Waals surface area contributed by atoms with Crippen LogP contribution >= 0.6 is 11.6 Å². The van der Waals surface area contributed by atoms with Crippen LogP contribution in [-0.2, 0) is 6.42 Å². The first-order chi connectivity index (χ1) is 7.63. The van der Waals surface area contributed by atoms with Gasteiger partial charge in [-0.3, -0.25) is 0 Å². The van der Waals surface area contributed by atoms with E-state index in [9.17, 15) is 10.2 Å². The van der Waals surface area contributed by atoms with Crippen LogP contribution < -0.4 is 0 Å². The Hall–Kier alpha value is -0.570. The number of hydrogen-bond donors (Lipinski definition) is 2. The lowest BCUT2D eigenvalue weighted by atomic mass is 10.0. The van der Waals surface area contributed by atoms with E-state index in [2.05, 4.69) is 0 Å². The summed E-state index contributed by atoms with van der Waals surface area (Å²) in [6.45, 7) is 2.00. The van der Waals surface area contributed by atoms with E-state index in [0.29, 0.717) is 12.8 Å². The molecule has 0 fully saturated rings. The van der Waals surface area contributed by atoms with Gasteiger partial charge in [-0.25, -0.2) is 0 Å². The van der Waals surface area contributed by atoms with Crippen LogP contribution in [0, 0.1) is 0 Å². The topological polar surface area (TPSA) is 40.5 Å². The highest BCUT2D eigenvalue weighted by molar-refractivity contribution is 6.30. The summed E-state index contributed by atoms with van der Waals surface area (Å²) in [5.74, 6) is 0.